The van der Waals surface area contributed by atoms with Crippen molar-refractivity contribution in [3.8, 4) is 29.1 Å². The molecule has 0 saturated carbocycles. The van der Waals surface area contributed by atoms with Crippen LogP contribution in [0.4, 0.5) is 0 Å². The van der Waals surface area contributed by atoms with Crippen molar-refractivity contribution >= 4 is 0 Å². The molecule has 2 aromatic rings. The second-order valence-corrected chi connectivity index (χ2v) is 4.43. The highest BCUT2D eigenvalue weighted by molar-refractivity contribution is 5.54. The van der Waals surface area contributed by atoms with E-state index >= 15 is 0 Å². The zero-order valence-corrected chi connectivity index (χ0v) is 12.8. The molecule has 22 heavy (non-hydrogen) atoms. The largest absolute Gasteiger partial charge is 0.493 e. The van der Waals surface area contributed by atoms with Gasteiger partial charge in [-0.15, -0.1) is 0 Å². The zero-order valence-electron chi connectivity index (χ0n) is 12.8. The predicted octanol–water partition coefficient (Wildman–Crippen LogP) is 3.16. The minimum Gasteiger partial charge on any atom is -0.493 e. The van der Waals surface area contributed by atoms with E-state index in [1.54, 1.807) is 39.5 Å². The highest BCUT2D eigenvalue weighted by Gasteiger charge is 2.13. The average Bonchev–Trinajstić information content (AvgIpc) is 2.58. The first-order valence-electron chi connectivity index (χ1n) is 6.64. The standard InChI is InChI=1S/C17H17NO4/c1-19-15-8-12(9-16(20-2)17(15)21-3)11-22-14-7-5-4-6-13(14)10-18/h4-9H,11H2,1-3H3. The van der Waals surface area contributed by atoms with Gasteiger partial charge in [0.25, 0.3) is 0 Å². The summed E-state index contributed by atoms with van der Waals surface area (Å²) in [4.78, 5) is 0. The Balaban J connectivity index is 2.25. The molecule has 114 valence electrons. The van der Waals surface area contributed by atoms with Crippen LogP contribution in [0.3, 0.4) is 0 Å². The lowest BCUT2D eigenvalue weighted by atomic mass is 10.2. The molecule has 0 aliphatic rings. The second-order valence-electron chi connectivity index (χ2n) is 4.43. The topological polar surface area (TPSA) is 60.7 Å². The first-order chi connectivity index (χ1) is 10.7. The number of hydrogen-bond donors (Lipinski definition) is 0. The summed E-state index contributed by atoms with van der Waals surface area (Å²) < 4.78 is 21.6. The molecule has 0 aliphatic heterocycles. The van der Waals surface area contributed by atoms with Crippen LogP contribution in [0.1, 0.15) is 11.1 Å². The Bertz CT molecular complexity index is 666. The molecule has 5 nitrogen and oxygen atoms in total. The van der Waals surface area contributed by atoms with Crippen molar-refractivity contribution in [3.63, 3.8) is 0 Å². The maximum Gasteiger partial charge on any atom is 0.203 e. The third-order valence-electron chi connectivity index (χ3n) is 3.13. The second kappa shape index (κ2) is 7.23. The minimum atomic E-state index is 0.287. The molecule has 0 aromatic heterocycles. The summed E-state index contributed by atoms with van der Waals surface area (Å²) in [6.45, 7) is 0.287. The predicted molar refractivity (Wildman–Crippen MR) is 81.6 cm³/mol. The van der Waals surface area contributed by atoms with Gasteiger partial charge in [-0.3, -0.25) is 0 Å². The van der Waals surface area contributed by atoms with Crippen molar-refractivity contribution in [1.29, 1.82) is 5.26 Å². The van der Waals surface area contributed by atoms with Crippen LogP contribution in [0.15, 0.2) is 36.4 Å². The molecule has 0 saturated heterocycles. The van der Waals surface area contributed by atoms with Gasteiger partial charge in [0.05, 0.1) is 26.9 Å². The molecule has 0 radical (unpaired) electrons. The molecular weight excluding hydrogens is 282 g/mol. The third kappa shape index (κ3) is 3.23. The quantitative estimate of drug-likeness (QED) is 0.820. The van der Waals surface area contributed by atoms with Crippen molar-refractivity contribution in [3.05, 3.63) is 47.5 Å². The fourth-order valence-electron chi connectivity index (χ4n) is 2.06. The summed E-state index contributed by atoms with van der Waals surface area (Å²) in [5, 5.41) is 9.06. The Morgan fingerprint density at radius 1 is 0.909 bits per heavy atom. The molecule has 0 atom stereocenters. The average molecular weight is 299 g/mol. The van der Waals surface area contributed by atoms with Crippen LogP contribution >= 0.6 is 0 Å². The van der Waals surface area contributed by atoms with Crippen LogP contribution in [0.2, 0.25) is 0 Å². The van der Waals surface area contributed by atoms with Gasteiger partial charge in [-0.05, 0) is 29.8 Å². The number of methoxy groups -OCH3 is 3. The van der Waals surface area contributed by atoms with E-state index in [9.17, 15) is 0 Å². The molecule has 0 amide bonds. The van der Waals surface area contributed by atoms with Crippen LogP contribution < -0.4 is 18.9 Å². The Kier molecular flexibility index (Phi) is 5.10. The lowest BCUT2D eigenvalue weighted by molar-refractivity contribution is 0.298. The van der Waals surface area contributed by atoms with Gasteiger partial charge < -0.3 is 18.9 Å². The molecular formula is C17H17NO4. The van der Waals surface area contributed by atoms with E-state index in [0.29, 0.717) is 28.6 Å². The lowest BCUT2D eigenvalue weighted by Crippen LogP contribution is -2.01. The van der Waals surface area contributed by atoms with Gasteiger partial charge in [0, 0.05) is 0 Å². The first-order valence-corrected chi connectivity index (χ1v) is 6.64. The Morgan fingerprint density at radius 3 is 2.09 bits per heavy atom. The van der Waals surface area contributed by atoms with Crippen LogP contribution in [0, 0.1) is 11.3 Å². The molecule has 2 aromatic carbocycles. The van der Waals surface area contributed by atoms with E-state index in [-0.39, 0.29) is 6.61 Å². The molecule has 0 heterocycles. The summed E-state index contributed by atoms with van der Waals surface area (Å²) in [6, 6.07) is 12.8. The normalized spacial score (nSPS) is 9.73. The minimum absolute atomic E-state index is 0.287. The van der Waals surface area contributed by atoms with Gasteiger partial charge in [-0.25, -0.2) is 0 Å². The van der Waals surface area contributed by atoms with E-state index in [1.807, 2.05) is 18.2 Å². The molecule has 0 aliphatic carbocycles. The number of benzene rings is 2. The maximum absolute atomic E-state index is 9.06. The Morgan fingerprint density at radius 2 is 1.55 bits per heavy atom. The lowest BCUT2D eigenvalue weighted by Gasteiger charge is -2.14. The number of nitriles is 1. The smallest absolute Gasteiger partial charge is 0.203 e. The molecule has 2 rings (SSSR count). The van der Waals surface area contributed by atoms with Crippen molar-refractivity contribution < 1.29 is 18.9 Å². The first kappa shape index (κ1) is 15.5. The summed E-state index contributed by atoms with van der Waals surface area (Å²) in [5.41, 5.74) is 1.34. The van der Waals surface area contributed by atoms with Gasteiger partial charge in [0.15, 0.2) is 11.5 Å². The molecule has 0 bridgehead atoms. The Labute approximate surface area is 129 Å². The van der Waals surface area contributed by atoms with Crippen LogP contribution in [-0.2, 0) is 6.61 Å². The third-order valence-corrected chi connectivity index (χ3v) is 3.13. The maximum atomic E-state index is 9.06. The summed E-state index contributed by atoms with van der Waals surface area (Å²) in [5.74, 6) is 2.20. The summed E-state index contributed by atoms with van der Waals surface area (Å²) in [6.07, 6.45) is 0. The van der Waals surface area contributed by atoms with Gasteiger partial charge in [0.2, 0.25) is 5.75 Å². The number of rotatable bonds is 6. The molecule has 0 spiro atoms. The van der Waals surface area contributed by atoms with Crippen molar-refractivity contribution in [2.24, 2.45) is 0 Å². The van der Waals surface area contributed by atoms with Crippen LogP contribution in [-0.4, -0.2) is 21.3 Å². The van der Waals surface area contributed by atoms with Gasteiger partial charge in [-0.1, -0.05) is 12.1 Å². The summed E-state index contributed by atoms with van der Waals surface area (Å²) >= 11 is 0. The Hall–Kier alpha value is -2.87. The molecule has 5 heteroatoms. The van der Waals surface area contributed by atoms with Crippen molar-refractivity contribution in [2.45, 2.75) is 6.61 Å². The van der Waals surface area contributed by atoms with Crippen molar-refractivity contribution in [2.75, 3.05) is 21.3 Å². The number of para-hydroxylation sites is 1. The fraction of sp³-hybridized carbons (Fsp3) is 0.235. The van der Waals surface area contributed by atoms with Crippen molar-refractivity contribution in [1.82, 2.24) is 0 Å². The monoisotopic (exact) mass is 299 g/mol. The van der Waals surface area contributed by atoms with Gasteiger partial charge in [-0.2, -0.15) is 5.26 Å². The molecule has 0 fully saturated rings. The summed E-state index contributed by atoms with van der Waals surface area (Å²) in [7, 11) is 4.68. The SMILES string of the molecule is COc1cc(COc2ccccc2C#N)cc(OC)c1OC. The van der Waals surface area contributed by atoms with E-state index in [4.69, 9.17) is 24.2 Å². The number of ether oxygens (including phenoxy) is 4. The molecule has 0 N–H and O–H groups in total. The van der Waals surface area contributed by atoms with Gasteiger partial charge >= 0.3 is 0 Å². The van der Waals surface area contributed by atoms with Crippen LogP contribution in [0.5, 0.6) is 23.0 Å². The van der Waals surface area contributed by atoms with Crippen LogP contribution in [0.25, 0.3) is 0 Å². The number of hydrogen-bond acceptors (Lipinski definition) is 5. The van der Waals surface area contributed by atoms with E-state index in [2.05, 4.69) is 6.07 Å². The highest BCUT2D eigenvalue weighted by atomic mass is 16.5. The van der Waals surface area contributed by atoms with Gasteiger partial charge in [0.1, 0.15) is 18.4 Å². The van der Waals surface area contributed by atoms with E-state index in [0.717, 1.165) is 5.56 Å². The highest BCUT2D eigenvalue weighted by Crippen LogP contribution is 2.38. The fourth-order valence-corrected chi connectivity index (χ4v) is 2.06. The van der Waals surface area contributed by atoms with E-state index in [1.165, 1.54) is 0 Å². The molecule has 0 unspecified atom stereocenters. The van der Waals surface area contributed by atoms with E-state index < -0.39 is 0 Å². The zero-order chi connectivity index (χ0) is 15.9. The number of nitrogens with zero attached hydrogens (tertiary/aromatic N) is 1.